The number of benzene rings is 1. The number of ether oxygens (including phenoxy) is 1. The number of rotatable bonds is 7. The Kier molecular flexibility index (Phi) is 5.96. The summed E-state index contributed by atoms with van der Waals surface area (Å²) in [5.41, 5.74) is 1.28. The lowest BCUT2D eigenvalue weighted by atomic mass is 10.2. The van der Waals surface area contributed by atoms with E-state index in [1.165, 1.54) is 0 Å². The molecule has 0 radical (unpaired) electrons. The molecule has 0 aromatic heterocycles. The maximum absolute atomic E-state index is 11.5. The van der Waals surface area contributed by atoms with E-state index in [4.69, 9.17) is 4.74 Å². The van der Waals surface area contributed by atoms with Crippen LogP contribution in [0.5, 0.6) is 0 Å². The fourth-order valence-corrected chi connectivity index (χ4v) is 1.28. The highest BCUT2D eigenvalue weighted by atomic mass is 16.5. The summed E-state index contributed by atoms with van der Waals surface area (Å²) in [5, 5.41) is 2.74. The topological polar surface area (TPSA) is 55.4 Å². The van der Waals surface area contributed by atoms with E-state index in [9.17, 15) is 9.59 Å². The Morgan fingerprint density at radius 3 is 2.59 bits per heavy atom. The molecule has 1 N–H and O–H groups in total. The van der Waals surface area contributed by atoms with Gasteiger partial charge in [-0.3, -0.25) is 9.59 Å². The Hall–Kier alpha value is -1.68. The van der Waals surface area contributed by atoms with Crippen LogP contribution in [0.3, 0.4) is 0 Å². The van der Waals surface area contributed by atoms with Gasteiger partial charge in [0.15, 0.2) is 0 Å². The molecule has 4 heteroatoms. The van der Waals surface area contributed by atoms with Crippen LogP contribution >= 0.6 is 0 Å². The molecule has 0 unspecified atom stereocenters. The van der Waals surface area contributed by atoms with Crippen LogP contribution in [0.25, 0.3) is 0 Å². The lowest BCUT2D eigenvalue weighted by molar-refractivity contribution is -0.117. The van der Waals surface area contributed by atoms with Gasteiger partial charge in [0, 0.05) is 17.9 Å². The van der Waals surface area contributed by atoms with Crippen LogP contribution in [0.2, 0.25) is 0 Å². The first kappa shape index (κ1) is 13.4. The quantitative estimate of drug-likeness (QED) is 0.582. The minimum atomic E-state index is -0.0834. The molecule has 0 saturated heterocycles. The summed E-state index contributed by atoms with van der Waals surface area (Å²) in [6.07, 6.45) is 2.06. The molecule has 0 fully saturated rings. The summed E-state index contributed by atoms with van der Waals surface area (Å²) in [4.78, 5) is 21.9. The van der Waals surface area contributed by atoms with Crippen LogP contribution in [0.4, 0.5) is 5.69 Å². The molecule has 0 atom stereocenters. The predicted molar refractivity (Wildman–Crippen MR) is 66.2 cm³/mol. The predicted octanol–water partition coefficient (Wildman–Crippen LogP) is 2.25. The van der Waals surface area contributed by atoms with Crippen molar-refractivity contribution < 1.29 is 14.3 Å². The van der Waals surface area contributed by atoms with Gasteiger partial charge >= 0.3 is 0 Å². The van der Waals surface area contributed by atoms with E-state index in [0.717, 1.165) is 12.7 Å². The number of carbonyl (C=O) groups excluding carboxylic acids is 2. The number of aldehydes is 1. The SMILES string of the molecule is CCCOCCC(=O)Nc1ccc(C=O)cc1. The third kappa shape index (κ3) is 5.26. The van der Waals surface area contributed by atoms with Gasteiger partial charge in [0.1, 0.15) is 6.29 Å². The van der Waals surface area contributed by atoms with Gasteiger partial charge in [-0.15, -0.1) is 0 Å². The van der Waals surface area contributed by atoms with Crippen LogP contribution < -0.4 is 5.32 Å². The van der Waals surface area contributed by atoms with Gasteiger partial charge < -0.3 is 10.1 Å². The van der Waals surface area contributed by atoms with Gasteiger partial charge in [-0.05, 0) is 30.7 Å². The Bertz CT molecular complexity index is 359. The average molecular weight is 235 g/mol. The lowest BCUT2D eigenvalue weighted by Crippen LogP contribution is -2.14. The van der Waals surface area contributed by atoms with Gasteiger partial charge in [-0.1, -0.05) is 6.92 Å². The molecule has 0 aliphatic rings. The minimum absolute atomic E-state index is 0.0834. The normalized spacial score (nSPS) is 9.94. The van der Waals surface area contributed by atoms with E-state index in [2.05, 4.69) is 5.32 Å². The summed E-state index contributed by atoms with van der Waals surface area (Å²) in [6, 6.07) is 6.73. The first-order valence-electron chi connectivity index (χ1n) is 5.69. The third-order valence-electron chi connectivity index (χ3n) is 2.15. The third-order valence-corrected chi connectivity index (χ3v) is 2.15. The monoisotopic (exact) mass is 235 g/mol. The summed E-state index contributed by atoms with van der Waals surface area (Å²) in [5.74, 6) is -0.0834. The van der Waals surface area contributed by atoms with Crippen LogP contribution in [-0.4, -0.2) is 25.4 Å². The Balaban J connectivity index is 2.32. The zero-order valence-corrected chi connectivity index (χ0v) is 9.94. The first-order valence-corrected chi connectivity index (χ1v) is 5.69. The molecule has 92 valence electrons. The van der Waals surface area contributed by atoms with Crippen molar-refractivity contribution in [1.29, 1.82) is 0 Å². The highest BCUT2D eigenvalue weighted by Crippen LogP contribution is 2.08. The Morgan fingerprint density at radius 2 is 2.00 bits per heavy atom. The van der Waals surface area contributed by atoms with E-state index < -0.39 is 0 Å². The number of hydrogen-bond acceptors (Lipinski definition) is 3. The Morgan fingerprint density at radius 1 is 1.29 bits per heavy atom. The largest absolute Gasteiger partial charge is 0.381 e. The van der Waals surface area contributed by atoms with Crippen LogP contribution in [0.15, 0.2) is 24.3 Å². The van der Waals surface area contributed by atoms with Gasteiger partial charge in [-0.2, -0.15) is 0 Å². The number of carbonyl (C=O) groups is 2. The van der Waals surface area contributed by atoms with Crippen molar-refractivity contribution in [2.45, 2.75) is 19.8 Å². The molecule has 1 aromatic carbocycles. The summed E-state index contributed by atoms with van der Waals surface area (Å²) >= 11 is 0. The lowest BCUT2D eigenvalue weighted by Gasteiger charge is -2.05. The van der Waals surface area contributed by atoms with E-state index >= 15 is 0 Å². The molecule has 0 aliphatic heterocycles. The molecule has 0 heterocycles. The number of hydrogen-bond donors (Lipinski definition) is 1. The second-order valence-electron chi connectivity index (χ2n) is 3.65. The van der Waals surface area contributed by atoms with Gasteiger partial charge in [0.05, 0.1) is 13.0 Å². The standard InChI is InChI=1S/C13H17NO3/c1-2-8-17-9-7-13(16)14-12-5-3-11(10-15)4-6-12/h3-6,10H,2,7-9H2,1H3,(H,14,16). The fraction of sp³-hybridized carbons (Fsp3) is 0.385. The van der Waals surface area contributed by atoms with Crippen LogP contribution in [0.1, 0.15) is 30.1 Å². The van der Waals surface area contributed by atoms with Crippen LogP contribution in [-0.2, 0) is 9.53 Å². The van der Waals surface area contributed by atoms with E-state index in [1.807, 2.05) is 6.92 Å². The summed E-state index contributed by atoms with van der Waals surface area (Å²) in [7, 11) is 0. The van der Waals surface area contributed by atoms with Crippen molar-refractivity contribution in [3.05, 3.63) is 29.8 Å². The maximum Gasteiger partial charge on any atom is 0.226 e. The van der Waals surface area contributed by atoms with Gasteiger partial charge in [0.25, 0.3) is 0 Å². The molecule has 1 rings (SSSR count). The van der Waals surface area contributed by atoms with Crippen molar-refractivity contribution in [1.82, 2.24) is 0 Å². The second kappa shape index (κ2) is 7.57. The fourth-order valence-electron chi connectivity index (χ4n) is 1.28. The molecule has 0 saturated carbocycles. The maximum atomic E-state index is 11.5. The highest BCUT2D eigenvalue weighted by molar-refractivity contribution is 5.91. The van der Waals surface area contributed by atoms with Crippen molar-refractivity contribution >= 4 is 17.9 Å². The zero-order chi connectivity index (χ0) is 12.5. The highest BCUT2D eigenvalue weighted by Gasteiger charge is 2.02. The molecule has 0 bridgehead atoms. The van der Waals surface area contributed by atoms with Crippen molar-refractivity contribution in [2.24, 2.45) is 0 Å². The van der Waals surface area contributed by atoms with Gasteiger partial charge in [-0.25, -0.2) is 0 Å². The van der Waals surface area contributed by atoms with Crippen molar-refractivity contribution in [3.63, 3.8) is 0 Å². The summed E-state index contributed by atoms with van der Waals surface area (Å²) < 4.78 is 5.22. The first-order chi connectivity index (χ1) is 8.26. The zero-order valence-electron chi connectivity index (χ0n) is 9.94. The van der Waals surface area contributed by atoms with E-state index in [0.29, 0.717) is 30.9 Å². The number of nitrogens with one attached hydrogen (secondary N) is 1. The minimum Gasteiger partial charge on any atom is -0.381 e. The molecule has 1 amide bonds. The van der Waals surface area contributed by atoms with Crippen molar-refractivity contribution in [3.8, 4) is 0 Å². The van der Waals surface area contributed by atoms with Gasteiger partial charge in [0.2, 0.25) is 5.91 Å². The average Bonchev–Trinajstić information content (AvgIpc) is 2.36. The molecule has 17 heavy (non-hydrogen) atoms. The molecule has 1 aromatic rings. The van der Waals surface area contributed by atoms with Crippen LogP contribution in [0, 0.1) is 0 Å². The van der Waals surface area contributed by atoms with Crippen molar-refractivity contribution in [2.75, 3.05) is 18.5 Å². The van der Waals surface area contributed by atoms with E-state index in [-0.39, 0.29) is 5.91 Å². The smallest absolute Gasteiger partial charge is 0.226 e. The number of amides is 1. The summed E-state index contributed by atoms with van der Waals surface area (Å²) in [6.45, 7) is 3.14. The van der Waals surface area contributed by atoms with E-state index in [1.54, 1.807) is 24.3 Å². The molecule has 0 spiro atoms. The molecule has 0 aliphatic carbocycles. The Labute approximate surface area is 101 Å². The number of anilines is 1. The second-order valence-corrected chi connectivity index (χ2v) is 3.65. The molecule has 4 nitrogen and oxygen atoms in total. The molecular weight excluding hydrogens is 218 g/mol. The molecular formula is C13H17NO3.